The van der Waals surface area contributed by atoms with Gasteiger partial charge in [0.05, 0.1) is 18.3 Å². The van der Waals surface area contributed by atoms with Gasteiger partial charge in [-0.05, 0) is 24.5 Å². The minimum atomic E-state index is -0.964. The van der Waals surface area contributed by atoms with Crippen molar-refractivity contribution in [3.63, 3.8) is 0 Å². The molecule has 5 nitrogen and oxygen atoms in total. The van der Waals surface area contributed by atoms with Gasteiger partial charge in [-0.1, -0.05) is 18.2 Å². The largest absolute Gasteiger partial charge is 0.452 e. The minimum absolute atomic E-state index is 0.162. The highest BCUT2D eigenvalue weighted by Crippen LogP contribution is 2.34. The number of ether oxygens (including phenoxy) is 3. The molecule has 0 aliphatic carbocycles. The van der Waals surface area contributed by atoms with Gasteiger partial charge in [0.15, 0.2) is 0 Å². The van der Waals surface area contributed by atoms with Gasteiger partial charge in [0.1, 0.15) is 11.3 Å². The summed E-state index contributed by atoms with van der Waals surface area (Å²) in [6, 6.07) is 5.49. The third-order valence-electron chi connectivity index (χ3n) is 4.13. The number of rotatable bonds is 3. The lowest BCUT2D eigenvalue weighted by molar-refractivity contribution is -0.127. The second-order valence-electron chi connectivity index (χ2n) is 6.54. The van der Waals surface area contributed by atoms with Gasteiger partial charge < -0.3 is 19.3 Å². The van der Waals surface area contributed by atoms with Crippen molar-refractivity contribution in [2.24, 2.45) is 0 Å². The van der Waals surface area contributed by atoms with Crippen molar-refractivity contribution in [2.45, 2.75) is 57.2 Å². The highest BCUT2D eigenvalue weighted by Gasteiger charge is 2.36. The Labute approximate surface area is 135 Å². The highest BCUT2D eigenvalue weighted by molar-refractivity contribution is 5.95. The van der Waals surface area contributed by atoms with Crippen LogP contribution < -0.4 is 4.74 Å². The second kappa shape index (κ2) is 5.98. The fourth-order valence-electron chi connectivity index (χ4n) is 3.18. The molecule has 124 valence electrons. The Kier molecular flexibility index (Phi) is 4.17. The number of esters is 1. The van der Waals surface area contributed by atoms with E-state index < -0.39 is 11.9 Å². The van der Waals surface area contributed by atoms with E-state index in [2.05, 4.69) is 6.58 Å². The van der Waals surface area contributed by atoms with Crippen LogP contribution in [0.15, 0.2) is 30.9 Å². The summed E-state index contributed by atoms with van der Waals surface area (Å²) in [4.78, 5) is 12.3. The fraction of sp³-hybridized carbons (Fsp3) is 0.500. The zero-order valence-electron chi connectivity index (χ0n) is 13.5. The molecule has 23 heavy (non-hydrogen) atoms. The first-order valence-electron chi connectivity index (χ1n) is 7.88. The van der Waals surface area contributed by atoms with Crippen LogP contribution in [-0.2, 0) is 15.9 Å². The summed E-state index contributed by atoms with van der Waals surface area (Å²) in [5.41, 5.74) is 1.26. The molecule has 5 heteroatoms. The first-order valence-corrected chi connectivity index (χ1v) is 7.88. The van der Waals surface area contributed by atoms with E-state index in [-0.39, 0.29) is 18.2 Å². The molecule has 1 aromatic carbocycles. The number of benzene rings is 1. The molecular formula is C18H22O5. The van der Waals surface area contributed by atoms with Gasteiger partial charge in [-0.15, -0.1) is 6.58 Å². The average molecular weight is 318 g/mol. The number of aliphatic hydroxyl groups excluding tert-OH is 1. The smallest absolute Gasteiger partial charge is 0.345 e. The number of carbonyl (C=O) groups excluding carboxylic acids is 1. The Morgan fingerprint density at radius 1 is 1.35 bits per heavy atom. The maximum Gasteiger partial charge on any atom is 0.345 e. The predicted octanol–water partition coefficient (Wildman–Crippen LogP) is 2.61. The van der Waals surface area contributed by atoms with E-state index in [0.29, 0.717) is 30.6 Å². The van der Waals surface area contributed by atoms with Crippen molar-refractivity contribution in [2.75, 3.05) is 0 Å². The maximum atomic E-state index is 12.3. The van der Waals surface area contributed by atoms with E-state index >= 15 is 0 Å². The zero-order valence-corrected chi connectivity index (χ0v) is 13.5. The predicted molar refractivity (Wildman–Crippen MR) is 84.4 cm³/mol. The van der Waals surface area contributed by atoms with E-state index in [1.807, 2.05) is 12.1 Å². The Morgan fingerprint density at radius 3 is 2.87 bits per heavy atom. The highest BCUT2D eigenvalue weighted by atomic mass is 16.7. The Bertz CT molecular complexity index is 622. The van der Waals surface area contributed by atoms with Crippen molar-refractivity contribution < 1.29 is 24.1 Å². The Balaban J connectivity index is 1.84. The zero-order chi connectivity index (χ0) is 16.6. The third-order valence-corrected chi connectivity index (χ3v) is 4.13. The van der Waals surface area contributed by atoms with Gasteiger partial charge in [0.25, 0.3) is 0 Å². The third kappa shape index (κ3) is 3.41. The molecule has 1 N–H and O–H groups in total. The molecule has 0 spiro atoms. The Morgan fingerprint density at radius 2 is 2.13 bits per heavy atom. The number of aliphatic hydroxyl groups is 1. The van der Waals surface area contributed by atoms with Crippen molar-refractivity contribution in [1.82, 2.24) is 0 Å². The molecule has 1 saturated heterocycles. The quantitative estimate of drug-likeness (QED) is 0.685. The number of fused-ring (bicyclic) bond motifs is 1. The van der Waals surface area contributed by atoms with Crippen LogP contribution in [0.1, 0.15) is 42.6 Å². The van der Waals surface area contributed by atoms with Gasteiger partial charge in [-0.3, -0.25) is 0 Å². The summed E-state index contributed by atoms with van der Waals surface area (Å²) in [5.74, 6) is -0.822. The summed E-state index contributed by atoms with van der Waals surface area (Å²) >= 11 is 0. The van der Waals surface area contributed by atoms with Crippen molar-refractivity contribution in [3.05, 3.63) is 42.0 Å². The van der Waals surface area contributed by atoms with Crippen LogP contribution in [0.5, 0.6) is 5.75 Å². The normalized spacial score (nSPS) is 29.2. The first-order chi connectivity index (χ1) is 10.9. The van der Waals surface area contributed by atoms with Gasteiger partial charge in [-0.2, -0.15) is 0 Å². The number of cyclic esters (lactones) is 1. The molecule has 0 bridgehead atoms. The van der Waals surface area contributed by atoms with Crippen LogP contribution in [0.4, 0.5) is 0 Å². The maximum absolute atomic E-state index is 12.3. The summed E-state index contributed by atoms with van der Waals surface area (Å²) < 4.78 is 17.0. The van der Waals surface area contributed by atoms with Crippen LogP contribution in [0.3, 0.4) is 0 Å². The molecule has 0 saturated carbocycles. The van der Waals surface area contributed by atoms with Crippen LogP contribution in [0, 0.1) is 0 Å². The molecule has 2 aliphatic heterocycles. The molecule has 2 aliphatic rings. The van der Waals surface area contributed by atoms with Gasteiger partial charge in [0.2, 0.25) is 5.79 Å². The van der Waals surface area contributed by atoms with Gasteiger partial charge in [-0.25, -0.2) is 4.79 Å². The molecule has 1 aromatic rings. The average Bonchev–Trinajstić information content (AvgIpc) is 2.44. The summed E-state index contributed by atoms with van der Waals surface area (Å²) in [5, 5.41) is 9.97. The fourth-order valence-corrected chi connectivity index (χ4v) is 3.18. The SMILES string of the molecule is C=C[C@H]1CC(O)C[C@H](Cc2cccc3c2C(=O)OC(C)(C)O3)O1. The van der Waals surface area contributed by atoms with Crippen LogP contribution >= 0.6 is 0 Å². The molecular weight excluding hydrogens is 296 g/mol. The van der Waals surface area contributed by atoms with Crippen LogP contribution in [0.25, 0.3) is 0 Å². The van der Waals surface area contributed by atoms with Crippen LogP contribution in [-0.4, -0.2) is 35.2 Å². The van der Waals surface area contributed by atoms with Crippen molar-refractivity contribution >= 4 is 5.97 Å². The van der Waals surface area contributed by atoms with Gasteiger partial charge in [0, 0.05) is 20.3 Å². The molecule has 2 heterocycles. The van der Waals surface area contributed by atoms with Gasteiger partial charge >= 0.3 is 5.97 Å². The lowest BCUT2D eigenvalue weighted by Crippen LogP contribution is -2.40. The number of hydrogen-bond acceptors (Lipinski definition) is 5. The van der Waals surface area contributed by atoms with E-state index in [1.165, 1.54) is 0 Å². The molecule has 1 fully saturated rings. The topological polar surface area (TPSA) is 65.0 Å². The van der Waals surface area contributed by atoms with E-state index in [4.69, 9.17) is 14.2 Å². The lowest BCUT2D eigenvalue weighted by Gasteiger charge is -2.34. The summed E-state index contributed by atoms with van der Waals surface area (Å²) in [7, 11) is 0. The summed E-state index contributed by atoms with van der Waals surface area (Å²) in [6.07, 6.45) is 2.57. The van der Waals surface area contributed by atoms with E-state index in [1.54, 1.807) is 26.0 Å². The van der Waals surface area contributed by atoms with Crippen molar-refractivity contribution in [3.8, 4) is 5.75 Å². The van der Waals surface area contributed by atoms with Crippen molar-refractivity contribution in [1.29, 1.82) is 0 Å². The molecule has 1 unspecified atom stereocenters. The monoisotopic (exact) mass is 318 g/mol. The summed E-state index contributed by atoms with van der Waals surface area (Å²) in [6.45, 7) is 7.14. The number of carbonyl (C=O) groups is 1. The molecule has 3 atom stereocenters. The Hall–Kier alpha value is -1.85. The molecule has 0 aromatic heterocycles. The van der Waals surface area contributed by atoms with E-state index in [9.17, 15) is 9.90 Å². The van der Waals surface area contributed by atoms with E-state index in [0.717, 1.165) is 5.56 Å². The molecule has 3 rings (SSSR count). The lowest BCUT2D eigenvalue weighted by atomic mass is 9.93. The standard InChI is InChI=1S/C18H22O5/c1-4-13-9-12(19)10-14(21-13)8-11-6-5-7-15-16(11)17(20)23-18(2,3)22-15/h4-7,12-14,19H,1,8-10H2,2-3H3/t12?,13-,14-/m0/s1. The minimum Gasteiger partial charge on any atom is -0.452 e. The molecule has 0 radical (unpaired) electrons. The number of hydrogen-bond donors (Lipinski definition) is 1. The molecule has 0 amide bonds. The second-order valence-corrected chi connectivity index (χ2v) is 6.54. The first kappa shape index (κ1) is 16.0. The van der Waals surface area contributed by atoms with Crippen LogP contribution in [0.2, 0.25) is 0 Å².